The molecule has 1 aliphatic rings. The normalized spacial score (nSPS) is 13.3. The molecule has 4 rings (SSSR count). The highest BCUT2D eigenvalue weighted by atomic mass is 32.2. The Morgan fingerprint density at radius 3 is 2.81 bits per heavy atom. The first kappa shape index (κ1) is 21.8. The van der Waals surface area contributed by atoms with Gasteiger partial charge >= 0.3 is 0 Å². The van der Waals surface area contributed by atoms with Gasteiger partial charge in [0.15, 0.2) is 17.5 Å². The van der Waals surface area contributed by atoms with Gasteiger partial charge in [0, 0.05) is 44.6 Å². The van der Waals surface area contributed by atoms with Gasteiger partial charge in [-0.05, 0) is 11.6 Å². The van der Waals surface area contributed by atoms with Crippen molar-refractivity contribution in [3.63, 3.8) is 0 Å². The average Bonchev–Trinajstić information content (AvgIpc) is 2.78. The molecule has 0 bridgehead atoms. The second kappa shape index (κ2) is 8.96. The van der Waals surface area contributed by atoms with E-state index in [2.05, 4.69) is 40.9 Å². The zero-order valence-electron chi connectivity index (χ0n) is 17.5. The maximum atomic E-state index is 14.3. The van der Waals surface area contributed by atoms with Crippen molar-refractivity contribution < 1.29 is 12.8 Å². The van der Waals surface area contributed by atoms with Crippen LogP contribution >= 0.6 is 0 Å². The van der Waals surface area contributed by atoms with Crippen molar-refractivity contribution in [3.05, 3.63) is 53.5 Å². The van der Waals surface area contributed by atoms with E-state index in [1.54, 1.807) is 0 Å². The number of nitrogens with one attached hydrogen (secondary N) is 3. The molecule has 0 saturated heterocycles. The van der Waals surface area contributed by atoms with Crippen LogP contribution in [0.1, 0.15) is 17.0 Å². The highest BCUT2D eigenvalue weighted by Crippen LogP contribution is 2.21. The van der Waals surface area contributed by atoms with Crippen molar-refractivity contribution in [2.75, 3.05) is 34.8 Å². The molecule has 4 heterocycles. The summed E-state index contributed by atoms with van der Waals surface area (Å²) in [5.41, 5.74) is 2.46. The quantitative estimate of drug-likeness (QED) is 0.472. The predicted molar refractivity (Wildman–Crippen MR) is 118 cm³/mol. The Hall–Kier alpha value is -3.45. The largest absolute Gasteiger partial charge is 0.362 e. The van der Waals surface area contributed by atoms with Crippen LogP contribution in [0.3, 0.4) is 0 Å². The first-order chi connectivity index (χ1) is 15.3. The van der Waals surface area contributed by atoms with Crippen molar-refractivity contribution >= 4 is 33.4 Å². The van der Waals surface area contributed by atoms with E-state index in [-0.39, 0.29) is 24.1 Å². The van der Waals surface area contributed by atoms with Gasteiger partial charge in [-0.2, -0.15) is 4.98 Å². The van der Waals surface area contributed by atoms with Crippen LogP contribution in [0.15, 0.2) is 30.7 Å². The first-order valence-corrected chi connectivity index (χ1v) is 11.6. The molecular weight excluding hydrogens is 437 g/mol. The average molecular weight is 460 g/mol. The summed E-state index contributed by atoms with van der Waals surface area (Å²) in [5, 5.41) is 9.12. The van der Waals surface area contributed by atoms with Crippen LogP contribution in [-0.2, 0) is 29.5 Å². The van der Waals surface area contributed by atoms with E-state index in [9.17, 15) is 12.8 Å². The minimum Gasteiger partial charge on any atom is -0.362 e. The minimum absolute atomic E-state index is 0.000498. The van der Waals surface area contributed by atoms with Crippen molar-refractivity contribution in [1.82, 2.24) is 30.2 Å². The van der Waals surface area contributed by atoms with Crippen LogP contribution < -0.4 is 20.3 Å². The lowest BCUT2D eigenvalue weighted by Crippen LogP contribution is -2.27. The number of fused-ring (bicyclic) bond motifs is 1. The highest BCUT2D eigenvalue weighted by molar-refractivity contribution is 7.92. The van der Waals surface area contributed by atoms with Crippen molar-refractivity contribution in [2.24, 2.45) is 0 Å². The third-order valence-electron chi connectivity index (χ3n) is 4.88. The van der Waals surface area contributed by atoms with Gasteiger partial charge in [0.2, 0.25) is 16.0 Å². The molecule has 168 valence electrons. The van der Waals surface area contributed by atoms with E-state index < -0.39 is 15.8 Å². The number of nitrogens with zero attached hydrogens (tertiary/aromatic N) is 6. The van der Waals surface area contributed by atoms with Gasteiger partial charge in [0.1, 0.15) is 11.5 Å². The summed E-state index contributed by atoms with van der Waals surface area (Å²) in [6, 6.07) is 3.80. The third kappa shape index (κ3) is 4.89. The van der Waals surface area contributed by atoms with Gasteiger partial charge in [-0.1, -0.05) is 6.07 Å². The molecule has 0 radical (unpaired) electrons. The minimum atomic E-state index is -3.54. The van der Waals surface area contributed by atoms with Crippen LogP contribution in [0, 0.1) is 5.82 Å². The summed E-state index contributed by atoms with van der Waals surface area (Å²) in [6.45, 7) is 1.65. The Balaban J connectivity index is 1.51. The Kier molecular flexibility index (Phi) is 6.10. The number of rotatable bonds is 7. The van der Waals surface area contributed by atoms with Gasteiger partial charge in [0.05, 0.1) is 19.0 Å². The molecular formula is C19H22FN9O2S. The summed E-state index contributed by atoms with van der Waals surface area (Å²) < 4.78 is 39.0. The van der Waals surface area contributed by atoms with E-state index in [4.69, 9.17) is 0 Å². The Morgan fingerprint density at radius 2 is 2.00 bits per heavy atom. The van der Waals surface area contributed by atoms with Gasteiger partial charge in [-0.25, -0.2) is 27.8 Å². The van der Waals surface area contributed by atoms with Gasteiger partial charge < -0.3 is 16.0 Å². The number of aromatic nitrogens is 5. The van der Waals surface area contributed by atoms with E-state index >= 15 is 0 Å². The van der Waals surface area contributed by atoms with Crippen molar-refractivity contribution in [3.8, 4) is 0 Å². The van der Waals surface area contributed by atoms with E-state index in [1.807, 2.05) is 12.1 Å². The van der Waals surface area contributed by atoms with Crippen molar-refractivity contribution in [1.29, 1.82) is 0 Å². The number of halogens is 1. The number of pyridine rings is 1. The molecule has 3 aromatic heterocycles. The lowest BCUT2D eigenvalue weighted by molar-refractivity contribution is 0.599. The van der Waals surface area contributed by atoms with Gasteiger partial charge in [-0.15, -0.1) is 0 Å². The Labute approximate surface area is 184 Å². The lowest BCUT2D eigenvalue weighted by Gasteiger charge is -2.18. The number of sulfonamides is 1. The molecule has 0 saturated carbocycles. The van der Waals surface area contributed by atoms with Crippen LogP contribution in [0.2, 0.25) is 0 Å². The zero-order chi connectivity index (χ0) is 22.7. The second-order valence-corrected chi connectivity index (χ2v) is 9.17. The van der Waals surface area contributed by atoms with Crippen LogP contribution in [0.25, 0.3) is 0 Å². The van der Waals surface area contributed by atoms with Crippen molar-refractivity contribution in [2.45, 2.75) is 19.5 Å². The van der Waals surface area contributed by atoms with Crippen LogP contribution in [0.5, 0.6) is 0 Å². The van der Waals surface area contributed by atoms with Crippen LogP contribution in [0.4, 0.5) is 27.8 Å². The molecule has 1 aliphatic heterocycles. The van der Waals surface area contributed by atoms with Gasteiger partial charge in [0.25, 0.3) is 0 Å². The molecule has 0 aliphatic carbocycles. The standard InChI is InChI=1S/C19H22FN9O2S/c1-29(32(2,30)31)18-15(22-7-8-23-18)11-24-17-13(20)10-25-19(28-17)27-16-4-3-12-9-21-6-5-14(12)26-16/h3-4,7-8,10,21H,5-6,9,11H2,1-2H3,(H2,24,25,26,27,28). The fraction of sp³-hybridized carbons (Fsp3) is 0.316. The van der Waals surface area contributed by atoms with E-state index in [0.717, 1.165) is 47.5 Å². The molecule has 0 fully saturated rings. The highest BCUT2D eigenvalue weighted by Gasteiger charge is 2.19. The first-order valence-electron chi connectivity index (χ1n) is 9.78. The Morgan fingerprint density at radius 1 is 1.19 bits per heavy atom. The molecule has 0 aromatic carbocycles. The maximum Gasteiger partial charge on any atom is 0.233 e. The molecule has 0 atom stereocenters. The monoisotopic (exact) mass is 459 g/mol. The lowest BCUT2D eigenvalue weighted by atomic mass is 10.1. The smallest absolute Gasteiger partial charge is 0.233 e. The fourth-order valence-electron chi connectivity index (χ4n) is 3.14. The second-order valence-electron chi connectivity index (χ2n) is 7.15. The maximum absolute atomic E-state index is 14.3. The summed E-state index contributed by atoms with van der Waals surface area (Å²) in [7, 11) is -2.16. The summed E-state index contributed by atoms with van der Waals surface area (Å²) >= 11 is 0. The Bertz CT molecular complexity index is 1240. The SMILES string of the molecule is CN(c1nccnc1CNc1nc(Nc2ccc3c(n2)CCNC3)ncc1F)S(C)(=O)=O. The predicted octanol–water partition coefficient (Wildman–Crippen LogP) is 1.20. The summed E-state index contributed by atoms with van der Waals surface area (Å²) in [6.07, 6.45) is 5.74. The van der Waals surface area contributed by atoms with Crippen LogP contribution in [-0.4, -0.2) is 53.2 Å². The molecule has 0 amide bonds. The molecule has 3 aromatic rings. The summed E-state index contributed by atoms with van der Waals surface area (Å²) in [5.74, 6) is 0.144. The number of anilines is 4. The fourth-order valence-corrected chi connectivity index (χ4v) is 3.61. The third-order valence-corrected chi connectivity index (χ3v) is 6.05. The van der Waals surface area contributed by atoms with E-state index in [1.165, 1.54) is 19.4 Å². The number of hydrogen-bond acceptors (Lipinski definition) is 10. The van der Waals surface area contributed by atoms with Gasteiger partial charge in [-0.3, -0.25) is 9.29 Å². The molecule has 13 heteroatoms. The zero-order valence-corrected chi connectivity index (χ0v) is 18.3. The number of hydrogen-bond donors (Lipinski definition) is 3. The van der Waals surface area contributed by atoms with E-state index in [0.29, 0.717) is 11.5 Å². The topological polar surface area (TPSA) is 138 Å². The molecule has 0 unspecified atom stereocenters. The molecule has 3 N–H and O–H groups in total. The molecule has 0 spiro atoms. The summed E-state index contributed by atoms with van der Waals surface area (Å²) in [4.78, 5) is 21.0. The molecule has 11 nitrogen and oxygen atoms in total. The molecule has 32 heavy (non-hydrogen) atoms.